The van der Waals surface area contributed by atoms with Crippen molar-refractivity contribution >= 4 is 5.91 Å². The number of nitrogens with zero attached hydrogens (tertiary/aromatic N) is 3. The molecule has 2 aromatic rings. The third-order valence-corrected chi connectivity index (χ3v) is 5.44. The van der Waals surface area contributed by atoms with Gasteiger partial charge in [-0.05, 0) is 49.7 Å². The van der Waals surface area contributed by atoms with Gasteiger partial charge in [0.15, 0.2) is 0 Å². The van der Waals surface area contributed by atoms with Crippen LogP contribution in [0.4, 0.5) is 0 Å². The minimum absolute atomic E-state index is 0.0267. The van der Waals surface area contributed by atoms with Gasteiger partial charge in [0.2, 0.25) is 0 Å². The fourth-order valence-electron chi connectivity index (χ4n) is 4.08. The minimum Gasteiger partial charge on any atom is -0.472 e. The Balaban J connectivity index is 1.54. The first-order valence-corrected chi connectivity index (χ1v) is 8.59. The molecule has 5 heteroatoms. The molecule has 5 nitrogen and oxygen atoms in total. The Morgan fingerprint density at radius 3 is 2.88 bits per heavy atom. The molecule has 0 aromatic carbocycles. The number of furan rings is 1. The van der Waals surface area contributed by atoms with Crippen molar-refractivity contribution in [2.45, 2.75) is 26.3 Å². The summed E-state index contributed by atoms with van der Waals surface area (Å²) < 4.78 is 6.96. The summed E-state index contributed by atoms with van der Waals surface area (Å²) in [7, 11) is 1.93. The van der Waals surface area contributed by atoms with Crippen molar-refractivity contribution in [3.05, 3.63) is 53.8 Å². The van der Waals surface area contributed by atoms with E-state index in [9.17, 15) is 4.79 Å². The topological polar surface area (TPSA) is 51.3 Å². The summed E-state index contributed by atoms with van der Waals surface area (Å²) in [5.41, 5.74) is 2.65. The van der Waals surface area contributed by atoms with Crippen LogP contribution in [0.2, 0.25) is 0 Å². The van der Waals surface area contributed by atoms with Crippen molar-refractivity contribution in [1.82, 2.24) is 14.7 Å². The molecule has 0 spiro atoms. The van der Waals surface area contributed by atoms with Crippen LogP contribution in [0.1, 0.15) is 34.6 Å². The zero-order valence-electron chi connectivity index (χ0n) is 14.2. The highest BCUT2D eigenvalue weighted by molar-refractivity contribution is 5.93. The predicted octanol–water partition coefficient (Wildman–Crippen LogP) is 3.18. The van der Waals surface area contributed by atoms with E-state index in [1.165, 1.54) is 19.1 Å². The van der Waals surface area contributed by atoms with E-state index in [-0.39, 0.29) is 5.91 Å². The Kier molecular flexibility index (Phi) is 3.79. The summed E-state index contributed by atoms with van der Waals surface area (Å²) in [5.74, 6) is 1.92. The third-order valence-electron chi connectivity index (χ3n) is 5.44. The number of aryl methyl sites for hydroxylation is 2. The van der Waals surface area contributed by atoms with Crippen molar-refractivity contribution in [1.29, 1.82) is 0 Å². The van der Waals surface area contributed by atoms with Gasteiger partial charge in [0.25, 0.3) is 5.91 Å². The number of hydrogen-bond acceptors (Lipinski definition) is 3. The first kappa shape index (κ1) is 15.2. The quantitative estimate of drug-likeness (QED) is 0.793. The Bertz CT molecular complexity index is 740. The predicted molar refractivity (Wildman–Crippen MR) is 90.2 cm³/mol. The first-order chi connectivity index (χ1) is 11.6. The largest absolute Gasteiger partial charge is 0.472 e. The molecule has 0 saturated heterocycles. The lowest BCUT2D eigenvalue weighted by atomic mass is 9.93. The van der Waals surface area contributed by atoms with Gasteiger partial charge in [-0.3, -0.25) is 9.48 Å². The van der Waals surface area contributed by atoms with E-state index >= 15 is 0 Å². The SMILES string of the molecule is Cc1cc(CN(CC2CC3C=CC2C3)C(=O)c2ccoc2)nn1C. The summed E-state index contributed by atoms with van der Waals surface area (Å²) in [6.07, 6.45) is 10.2. The maximum absolute atomic E-state index is 12.9. The number of carbonyl (C=O) groups excluding carboxylic acids is 1. The smallest absolute Gasteiger partial charge is 0.257 e. The first-order valence-electron chi connectivity index (χ1n) is 8.59. The molecule has 1 fully saturated rings. The molecule has 0 N–H and O–H groups in total. The second-order valence-corrected chi connectivity index (χ2v) is 7.14. The Morgan fingerprint density at radius 1 is 1.42 bits per heavy atom. The standard InChI is InChI=1S/C19H23N3O2/c1-13-7-18(20-21(13)2)11-22(19(23)16-5-6-24-12-16)10-17-9-14-3-4-15(17)8-14/h3-7,12,14-15,17H,8-11H2,1-2H3. The molecule has 2 aliphatic carbocycles. The Labute approximate surface area is 141 Å². The zero-order valence-corrected chi connectivity index (χ0v) is 14.2. The molecule has 24 heavy (non-hydrogen) atoms. The van der Waals surface area contributed by atoms with Crippen LogP contribution in [-0.4, -0.2) is 27.1 Å². The van der Waals surface area contributed by atoms with E-state index in [0.29, 0.717) is 29.9 Å². The van der Waals surface area contributed by atoms with E-state index in [1.807, 2.05) is 23.6 Å². The second kappa shape index (κ2) is 5.96. The van der Waals surface area contributed by atoms with Gasteiger partial charge >= 0.3 is 0 Å². The van der Waals surface area contributed by atoms with E-state index in [4.69, 9.17) is 4.42 Å². The van der Waals surface area contributed by atoms with Crippen molar-refractivity contribution in [3.8, 4) is 0 Å². The third kappa shape index (κ3) is 2.79. The van der Waals surface area contributed by atoms with Crippen molar-refractivity contribution in [3.63, 3.8) is 0 Å². The summed E-state index contributed by atoms with van der Waals surface area (Å²) in [6.45, 7) is 3.36. The lowest BCUT2D eigenvalue weighted by molar-refractivity contribution is 0.0701. The molecule has 126 valence electrons. The molecule has 3 atom stereocenters. The molecular formula is C19H23N3O2. The van der Waals surface area contributed by atoms with Crippen molar-refractivity contribution < 1.29 is 9.21 Å². The highest BCUT2D eigenvalue weighted by atomic mass is 16.3. The summed E-state index contributed by atoms with van der Waals surface area (Å²) >= 11 is 0. The highest BCUT2D eigenvalue weighted by Crippen LogP contribution is 2.43. The number of rotatable bonds is 5. The molecule has 1 saturated carbocycles. The molecule has 3 unspecified atom stereocenters. The maximum Gasteiger partial charge on any atom is 0.257 e. The molecule has 0 aliphatic heterocycles. The number of aromatic nitrogens is 2. The number of hydrogen-bond donors (Lipinski definition) is 0. The summed E-state index contributed by atoms with van der Waals surface area (Å²) in [4.78, 5) is 14.8. The monoisotopic (exact) mass is 325 g/mol. The lowest BCUT2D eigenvalue weighted by Crippen LogP contribution is -2.36. The molecule has 1 amide bonds. The van der Waals surface area contributed by atoms with Crippen LogP contribution in [0.25, 0.3) is 0 Å². The van der Waals surface area contributed by atoms with Gasteiger partial charge in [0.05, 0.1) is 24.1 Å². The maximum atomic E-state index is 12.9. The van der Waals surface area contributed by atoms with Crippen LogP contribution in [0.5, 0.6) is 0 Å². The van der Waals surface area contributed by atoms with Gasteiger partial charge in [0, 0.05) is 19.3 Å². The number of allylic oxidation sites excluding steroid dienone is 2. The molecule has 4 rings (SSSR count). The Morgan fingerprint density at radius 2 is 2.29 bits per heavy atom. The van der Waals surface area contributed by atoms with E-state index in [0.717, 1.165) is 17.9 Å². The second-order valence-electron chi connectivity index (χ2n) is 7.14. The summed E-state index contributed by atoms with van der Waals surface area (Å²) in [6, 6.07) is 3.79. The molecule has 2 heterocycles. The van der Waals surface area contributed by atoms with Crippen LogP contribution in [0, 0.1) is 24.7 Å². The number of fused-ring (bicyclic) bond motifs is 2. The fraction of sp³-hybridized carbons (Fsp3) is 0.474. The highest BCUT2D eigenvalue weighted by Gasteiger charge is 2.37. The van der Waals surface area contributed by atoms with E-state index in [1.54, 1.807) is 12.3 Å². The van der Waals surface area contributed by atoms with Crippen molar-refractivity contribution in [2.24, 2.45) is 24.8 Å². The van der Waals surface area contributed by atoms with Gasteiger partial charge in [-0.2, -0.15) is 5.10 Å². The number of amides is 1. The normalized spacial score (nSPS) is 24.7. The summed E-state index contributed by atoms with van der Waals surface area (Å²) in [5, 5.41) is 4.52. The van der Waals surface area contributed by atoms with E-state index in [2.05, 4.69) is 23.3 Å². The van der Waals surface area contributed by atoms with Crippen molar-refractivity contribution in [2.75, 3.05) is 6.54 Å². The molecule has 0 radical (unpaired) electrons. The molecule has 2 aromatic heterocycles. The van der Waals surface area contributed by atoms with Crippen LogP contribution in [-0.2, 0) is 13.6 Å². The fourth-order valence-corrected chi connectivity index (χ4v) is 4.08. The van der Waals surface area contributed by atoms with Crippen LogP contribution in [0.15, 0.2) is 41.2 Å². The average molecular weight is 325 g/mol. The molecular weight excluding hydrogens is 302 g/mol. The van der Waals surface area contributed by atoms with E-state index < -0.39 is 0 Å². The zero-order chi connectivity index (χ0) is 16.7. The number of carbonyl (C=O) groups is 1. The van der Waals surface area contributed by atoms with Gasteiger partial charge in [-0.1, -0.05) is 12.2 Å². The lowest BCUT2D eigenvalue weighted by Gasteiger charge is -2.28. The van der Waals surface area contributed by atoms with Gasteiger partial charge in [-0.15, -0.1) is 0 Å². The van der Waals surface area contributed by atoms with Crippen LogP contribution in [0.3, 0.4) is 0 Å². The Hall–Kier alpha value is -2.30. The molecule has 2 aliphatic rings. The van der Waals surface area contributed by atoms with Crippen LogP contribution < -0.4 is 0 Å². The van der Waals surface area contributed by atoms with Crippen LogP contribution >= 0.6 is 0 Å². The minimum atomic E-state index is 0.0267. The van der Waals surface area contributed by atoms with Gasteiger partial charge < -0.3 is 9.32 Å². The molecule has 2 bridgehead atoms. The average Bonchev–Trinajstić information content (AvgIpc) is 3.32. The van der Waals surface area contributed by atoms with Gasteiger partial charge in [0.1, 0.15) is 6.26 Å². The van der Waals surface area contributed by atoms with Gasteiger partial charge in [-0.25, -0.2) is 0 Å².